The summed E-state index contributed by atoms with van der Waals surface area (Å²) in [5, 5.41) is 3.39. The molecular formula is C14H18F3NO. The number of nitrogens with one attached hydrogen (secondary N) is 1. The minimum atomic E-state index is -4.27. The average Bonchev–Trinajstić information content (AvgIpc) is 2.39. The molecule has 0 amide bonds. The molecule has 2 nitrogen and oxygen atoms in total. The zero-order chi connectivity index (χ0) is 13.9. The predicted octanol–water partition coefficient (Wildman–Crippen LogP) is 3.54. The summed E-state index contributed by atoms with van der Waals surface area (Å²) in [6.07, 6.45) is -2.20. The normalized spacial score (nSPS) is 22.2. The second-order valence-corrected chi connectivity index (χ2v) is 4.92. The predicted molar refractivity (Wildman–Crippen MR) is 66.8 cm³/mol. The van der Waals surface area contributed by atoms with Crippen LogP contribution in [0.25, 0.3) is 0 Å². The van der Waals surface area contributed by atoms with E-state index in [-0.39, 0.29) is 12.1 Å². The molecule has 1 aliphatic heterocycles. The van der Waals surface area contributed by atoms with Crippen LogP contribution < -0.4 is 5.32 Å². The van der Waals surface area contributed by atoms with Gasteiger partial charge in [-0.2, -0.15) is 13.2 Å². The zero-order valence-electron chi connectivity index (χ0n) is 10.8. The Balaban J connectivity index is 1.97. The van der Waals surface area contributed by atoms with Crippen LogP contribution >= 0.6 is 0 Å². The van der Waals surface area contributed by atoms with Crippen LogP contribution in [0.4, 0.5) is 13.2 Å². The zero-order valence-corrected chi connectivity index (χ0v) is 10.8. The maximum absolute atomic E-state index is 12.5. The van der Waals surface area contributed by atoms with Gasteiger partial charge in [-0.05, 0) is 37.5 Å². The van der Waals surface area contributed by atoms with Crippen molar-refractivity contribution in [2.45, 2.75) is 38.0 Å². The molecule has 1 N–H and O–H groups in total. The first-order valence-electron chi connectivity index (χ1n) is 6.48. The lowest BCUT2D eigenvalue weighted by Gasteiger charge is -2.27. The van der Waals surface area contributed by atoms with Gasteiger partial charge in [0.05, 0.1) is 12.2 Å². The first kappa shape index (κ1) is 14.3. The molecular weight excluding hydrogens is 255 g/mol. The Morgan fingerprint density at radius 1 is 1.26 bits per heavy atom. The fraction of sp³-hybridized carbons (Fsp3) is 0.571. The third kappa shape index (κ3) is 3.94. The van der Waals surface area contributed by atoms with Crippen molar-refractivity contribution >= 4 is 0 Å². The van der Waals surface area contributed by atoms with Gasteiger partial charge in [0.1, 0.15) is 0 Å². The number of hydrogen-bond donors (Lipinski definition) is 1. The molecule has 0 radical (unpaired) electrons. The summed E-state index contributed by atoms with van der Waals surface area (Å²) in [6.45, 7) is 3.43. The molecule has 0 saturated carbocycles. The maximum atomic E-state index is 12.5. The van der Waals surface area contributed by atoms with Gasteiger partial charge >= 0.3 is 6.18 Å². The molecule has 5 heteroatoms. The van der Waals surface area contributed by atoms with Crippen molar-refractivity contribution in [3.63, 3.8) is 0 Å². The lowest BCUT2D eigenvalue weighted by Crippen LogP contribution is -2.38. The van der Waals surface area contributed by atoms with Gasteiger partial charge in [0.2, 0.25) is 0 Å². The van der Waals surface area contributed by atoms with E-state index in [0.29, 0.717) is 6.61 Å². The molecule has 2 atom stereocenters. The highest BCUT2D eigenvalue weighted by Gasteiger charge is 2.30. The third-order valence-corrected chi connectivity index (χ3v) is 3.38. The van der Waals surface area contributed by atoms with Crippen molar-refractivity contribution in [3.05, 3.63) is 35.4 Å². The molecule has 1 aromatic rings. The third-order valence-electron chi connectivity index (χ3n) is 3.38. The van der Waals surface area contributed by atoms with Crippen LogP contribution in [-0.2, 0) is 10.9 Å². The average molecular weight is 273 g/mol. The molecule has 0 aliphatic carbocycles. The molecule has 1 heterocycles. The molecule has 0 bridgehead atoms. The minimum absolute atomic E-state index is 0.0222. The summed E-state index contributed by atoms with van der Waals surface area (Å²) in [6, 6.07) is 5.63. The second-order valence-electron chi connectivity index (χ2n) is 4.92. The van der Waals surface area contributed by atoms with E-state index in [1.165, 1.54) is 12.1 Å². The largest absolute Gasteiger partial charge is 0.416 e. The highest BCUT2D eigenvalue weighted by Crippen LogP contribution is 2.30. The molecule has 0 spiro atoms. The highest BCUT2D eigenvalue weighted by molar-refractivity contribution is 5.26. The molecule has 106 valence electrons. The van der Waals surface area contributed by atoms with E-state index in [1.54, 1.807) is 0 Å². The first-order chi connectivity index (χ1) is 8.97. The quantitative estimate of drug-likeness (QED) is 0.909. The second kappa shape index (κ2) is 5.92. The summed E-state index contributed by atoms with van der Waals surface area (Å²) in [7, 11) is 0. The Labute approximate surface area is 111 Å². The minimum Gasteiger partial charge on any atom is -0.380 e. The van der Waals surface area contributed by atoms with Crippen molar-refractivity contribution < 1.29 is 17.9 Å². The van der Waals surface area contributed by atoms with E-state index in [2.05, 4.69) is 5.32 Å². The van der Waals surface area contributed by atoms with Crippen molar-refractivity contribution in [1.82, 2.24) is 5.32 Å². The molecule has 1 saturated heterocycles. The SMILES string of the molecule is CC(NC1CCCOC1)c1ccc(C(F)(F)F)cc1. The Morgan fingerprint density at radius 2 is 1.95 bits per heavy atom. The van der Waals surface area contributed by atoms with Crippen LogP contribution in [0.5, 0.6) is 0 Å². The highest BCUT2D eigenvalue weighted by atomic mass is 19.4. The summed E-state index contributed by atoms with van der Waals surface area (Å²) in [5.41, 5.74) is 0.253. The molecule has 1 fully saturated rings. The van der Waals surface area contributed by atoms with Gasteiger partial charge in [-0.1, -0.05) is 12.1 Å². The fourth-order valence-electron chi connectivity index (χ4n) is 2.28. The summed E-state index contributed by atoms with van der Waals surface area (Å²) in [4.78, 5) is 0. The van der Waals surface area contributed by atoms with Crippen LogP contribution in [0.1, 0.15) is 36.9 Å². The molecule has 2 unspecified atom stereocenters. The van der Waals surface area contributed by atoms with Crippen molar-refractivity contribution in [2.24, 2.45) is 0 Å². The van der Waals surface area contributed by atoms with Crippen LogP contribution in [0.3, 0.4) is 0 Å². The Kier molecular flexibility index (Phi) is 4.47. The van der Waals surface area contributed by atoms with E-state index in [9.17, 15) is 13.2 Å². The number of halogens is 3. The van der Waals surface area contributed by atoms with Crippen LogP contribution in [0.2, 0.25) is 0 Å². The van der Waals surface area contributed by atoms with Gasteiger partial charge in [-0.25, -0.2) is 0 Å². The van der Waals surface area contributed by atoms with Gasteiger partial charge < -0.3 is 10.1 Å². The first-order valence-corrected chi connectivity index (χ1v) is 6.48. The standard InChI is InChI=1S/C14H18F3NO/c1-10(18-13-3-2-8-19-9-13)11-4-6-12(7-5-11)14(15,16)17/h4-7,10,13,18H,2-3,8-9H2,1H3. The molecule has 19 heavy (non-hydrogen) atoms. The van der Waals surface area contributed by atoms with Crippen molar-refractivity contribution in [1.29, 1.82) is 0 Å². The van der Waals surface area contributed by atoms with Gasteiger partial charge in [0, 0.05) is 18.7 Å². The van der Waals surface area contributed by atoms with E-state index in [0.717, 1.165) is 37.1 Å². The number of ether oxygens (including phenoxy) is 1. The van der Waals surface area contributed by atoms with E-state index >= 15 is 0 Å². The molecule has 0 aromatic heterocycles. The Morgan fingerprint density at radius 3 is 2.47 bits per heavy atom. The number of hydrogen-bond acceptors (Lipinski definition) is 2. The Hall–Kier alpha value is -1.07. The molecule has 2 rings (SSSR count). The monoisotopic (exact) mass is 273 g/mol. The topological polar surface area (TPSA) is 21.3 Å². The van der Waals surface area contributed by atoms with Gasteiger partial charge in [-0.15, -0.1) is 0 Å². The number of rotatable bonds is 3. The van der Waals surface area contributed by atoms with Gasteiger partial charge in [-0.3, -0.25) is 0 Å². The summed E-state index contributed by atoms with van der Waals surface area (Å²) in [5.74, 6) is 0. The smallest absolute Gasteiger partial charge is 0.380 e. The summed E-state index contributed by atoms with van der Waals surface area (Å²) >= 11 is 0. The molecule has 1 aromatic carbocycles. The van der Waals surface area contributed by atoms with E-state index < -0.39 is 11.7 Å². The lowest BCUT2D eigenvalue weighted by atomic mass is 10.0. The van der Waals surface area contributed by atoms with Crippen LogP contribution in [0, 0.1) is 0 Å². The summed E-state index contributed by atoms with van der Waals surface area (Å²) < 4.78 is 42.8. The van der Waals surface area contributed by atoms with Crippen molar-refractivity contribution in [2.75, 3.05) is 13.2 Å². The Bertz CT molecular complexity index is 396. The van der Waals surface area contributed by atoms with Crippen LogP contribution in [-0.4, -0.2) is 19.3 Å². The number of alkyl halides is 3. The van der Waals surface area contributed by atoms with E-state index in [4.69, 9.17) is 4.74 Å². The maximum Gasteiger partial charge on any atom is 0.416 e. The fourth-order valence-corrected chi connectivity index (χ4v) is 2.28. The van der Waals surface area contributed by atoms with Gasteiger partial charge in [0.25, 0.3) is 0 Å². The van der Waals surface area contributed by atoms with Gasteiger partial charge in [0.15, 0.2) is 0 Å². The number of benzene rings is 1. The lowest BCUT2D eigenvalue weighted by molar-refractivity contribution is -0.137. The van der Waals surface area contributed by atoms with Crippen molar-refractivity contribution in [3.8, 4) is 0 Å². The molecule has 1 aliphatic rings. The van der Waals surface area contributed by atoms with E-state index in [1.807, 2.05) is 6.92 Å². The van der Waals surface area contributed by atoms with Crippen LogP contribution in [0.15, 0.2) is 24.3 Å².